The van der Waals surface area contributed by atoms with E-state index in [2.05, 4.69) is 33.4 Å². The van der Waals surface area contributed by atoms with E-state index in [1.54, 1.807) is 0 Å². The van der Waals surface area contributed by atoms with Crippen molar-refractivity contribution in [3.05, 3.63) is 0 Å². The normalized spacial score (nSPS) is 18.8. The van der Waals surface area contributed by atoms with Crippen LogP contribution in [0.5, 0.6) is 0 Å². The molecule has 2 nitrogen and oxygen atoms in total. The first kappa shape index (κ1) is 17.3. The Hall–Kier alpha value is 0.335. The fourth-order valence-corrected chi connectivity index (χ4v) is 2.45. The van der Waals surface area contributed by atoms with Crippen LogP contribution in [-0.4, -0.2) is 36.4 Å². The highest BCUT2D eigenvalue weighted by atomic mass is 32.1. The largest absolute Gasteiger partial charge is 0.399 e. The van der Waals surface area contributed by atoms with Gasteiger partial charge in [0.05, 0.1) is 12.1 Å². The molecular formula is C13H29BO2S. The van der Waals surface area contributed by atoms with Gasteiger partial charge in [0, 0.05) is 11.9 Å². The average molecular weight is 260 g/mol. The van der Waals surface area contributed by atoms with E-state index >= 15 is 0 Å². The Morgan fingerprint density at radius 3 is 2.18 bits per heavy atom. The highest BCUT2D eigenvalue weighted by Crippen LogP contribution is 2.26. The van der Waals surface area contributed by atoms with Gasteiger partial charge in [0.2, 0.25) is 0 Å². The number of hydrogen-bond donors (Lipinski definition) is 2. The first-order valence-corrected chi connectivity index (χ1v) is 7.41. The van der Waals surface area contributed by atoms with Crippen LogP contribution in [0.4, 0.5) is 0 Å². The Balaban J connectivity index is 4.44. The summed E-state index contributed by atoms with van der Waals surface area (Å²) in [6.07, 6.45) is 2.01. The summed E-state index contributed by atoms with van der Waals surface area (Å²) in [5.41, 5.74) is 0. The molecule has 0 aromatic heterocycles. The maximum absolute atomic E-state index is 9.96. The van der Waals surface area contributed by atoms with Crippen molar-refractivity contribution in [2.24, 2.45) is 11.8 Å². The molecule has 0 radical (unpaired) electrons. The van der Waals surface area contributed by atoms with Gasteiger partial charge in [-0.1, -0.05) is 27.6 Å². The molecule has 102 valence electrons. The fraction of sp³-hybridized carbons (Fsp3) is 1.00. The lowest BCUT2D eigenvalue weighted by Gasteiger charge is -2.29. The van der Waals surface area contributed by atoms with E-state index in [0.717, 1.165) is 20.1 Å². The van der Waals surface area contributed by atoms with Crippen LogP contribution >= 0.6 is 12.6 Å². The number of hydrogen-bond acceptors (Lipinski definition) is 3. The molecule has 1 N–H and O–H groups in total. The molecule has 0 aromatic carbocycles. The van der Waals surface area contributed by atoms with E-state index in [0.29, 0.717) is 23.7 Å². The fourth-order valence-electron chi connectivity index (χ4n) is 2.21. The predicted octanol–water partition coefficient (Wildman–Crippen LogP) is 2.57. The minimum atomic E-state index is -0.350. The van der Waals surface area contributed by atoms with Crippen LogP contribution < -0.4 is 0 Å². The summed E-state index contributed by atoms with van der Waals surface area (Å²) in [4.78, 5) is 0. The van der Waals surface area contributed by atoms with Gasteiger partial charge in [0.25, 0.3) is 0 Å². The maximum atomic E-state index is 9.96. The molecule has 0 aromatic rings. The number of thiol groups is 1. The van der Waals surface area contributed by atoms with Gasteiger partial charge in [-0.15, -0.1) is 0 Å². The third-order valence-corrected chi connectivity index (χ3v) is 3.64. The molecule has 0 aliphatic rings. The van der Waals surface area contributed by atoms with Crippen LogP contribution in [0.25, 0.3) is 0 Å². The predicted molar refractivity (Wildman–Crippen MR) is 80.4 cm³/mol. The molecule has 0 aliphatic heterocycles. The molecule has 4 heteroatoms. The zero-order valence-corrected chi connectivity index (χ0v) is 12.9. The standard InChI is InChI=1S/C13H29BO2S/c1-6-16-12(13(15)14-5)8-11(10(4)17)7-9(2)3/h9-15,17H,6-8H2,1-5H3/t10?,11?,12-,13?/m1/s1. The van der Waals surface area contributed by atoms with E-state index < -0.39 is 0 Å². The van der Waals surface area contributed by atoms with Gasteiger partial charge in [-0.25, -0.2) is 0 Å². The molecule has 0 aliphatic carbocycles. The summed E-state index contributed by atoms with van der Waals surface area (Å²) < 4.78 is 5.67. The van der Waals surface area contributed by atoms with Crippen LogP contribution in [0.3, 0.4) is 0 Å². The summed E-state index contributed by atoms with van der Waals surface area (Å²) in [5.74, 6) is 1.17. The van der Waals surface area contributed by atoms with E-state index in [-0.39, 0.29) is 12.1 Å². The summed E-state index contributed by atoms with van der Waals surface area (Å²) in [6, 6.07) is -0.350. The summed E-state index contributed by atoms with van der Waals surface area (Å²) in [7, 11) is 0.750. The Labute approximate surface area is 113 Å². The van der Waals surface area contributed by atoms with Crippen molar-refractivity contribution in [3.63, 3.8) is 0 Å². The van der Waals surface area contributed by atoms with Crippen molar-refractivity contribution in [1.82, 2.24) is 0 Å². The number of rotatable bonds is 9. The first-order chi connectivity index (χ1) is 7.92. The zero-order chi connectivity index (χ0) is 13.4. The van der Waals surface area contributed by atoms with Crippen molar-refractivity contribution in [1.29, 1.82) is 0 Å². The van der Waals surface area contributed by atoms with Crippen molar-refractivity contribution in [2.45, 2.75) is 64.7 Å². The smallest absolute Gasteiger partial charge is 0.157 e. The Kier molecular flexibility index (Phi) is 9.47. The van der Waals surface area contributed by atoms with Crippen LogP contribution in [0.1, 0.15) is 40.5 Å². The van der Waals surface area contributed by atoms with Gasteiger partial charge in [-0.3, -0.25) is 0 Å². The minimum Gasteiger partial charge on any atom is -0.399 e. The lowest BCUT2D eigenvalue weighted by molar-refractivity contribution is -0.0147. The second kappa shape index (κ2) is 9.29. The van der Waals surface area contributed by atoms with Gasteiger partial charge in [-0.05, 0) is 31.6 Å². The molecule has 0 bridgehead atoms. The molecule has 0 saturated heterocycles. The summed E-state index contributed by atoms with van der Waals surface area (Å²) in [5, 5.41) is 10.3. The van der Waals surface area contributed by atoms with Crippen LogP contribution in [0.2, 0.25) is 6.82 Å². The molecule has 17 heavy (non-hydrogen) atoms. The lowest BCUT2D eigenvalue weighted by atomic mass is 9.70. The minimum absolute atomic E-state index is 0.0386. The van der Waals surface area contributed by atoms with E-state index in [1.807, 2.05) is 13.7 Å². The topological polar surface area (TPSA) is 29.5 Å². The van der Waals surface area contributed by atoms with Gasteiger partial charge in [0.1, 0.15) is 0 Å². The monoisotopic (exact) mass is 260 g/mol. The number of aliphatic hydroxyl groups excluding tert-OH is 1. The molecule has 0 rings (SSSR count). The van der Waals surface area contributed by atoms with Gasteiger partial charge >= 0.3 is 0 Å². The second-order valence-electron chi connectivity index (χ2n) is 5.34. The molecule has 0 spiro atoms. The Bertz CT molecular complexity index is 188. The molecule has 4 atom stereocenters. The summed E-state index contributed by atoms with van der Waals surface area (Å²) >= 11 is 4.57. The van der Waals surface area contributed by atoms with Crippen LogP contribution in [0.15, 0.2) is 0 Å². The van der Waals surface area contributed by atoms with E-state index in [4.69, 9.17) is 4.74 Å². The van der Waals surface area contributed by atoms with Gasteiger partial charge in [0.15, 0.2) is 7.28 Å². The second-order valence-corrected chi connectivity index (χ2v) is 6.15. The Morgan fingerprint density at radius 1 is 1.24 bits per heavy atom. The van der Waals surface area contributed by atoms with E-state index in [9.17, 15) is 5.11 Å². The number of ether oxygens (including phenoxy) is 1. The van der Waals surface area contributed by atoms with Crippen molar-refractivity contribution in [2.75, 3.05) is 6.61 Å². The quantitative estimate of drug-likeness (QED) is 0.493. The highest BCUT2D eigenvalue weighted by molar-refractivity contribution is 7.80. The van der Waals surface area contributed by atoms with Crippen molar-refractivity contribution >= 4 is 19.9 Å². The van der Waals surface area contributed by atoms with Gasteiger partial charge in [-0.2, -0.15) is 12.6 Å². The zero-order valence-electron chi connectivity index (χ0n) is 12.0. The molecule has 3 unspecified atom stereocenters. The average Bonchev–Trinajstić information content (AvgIpc) is 2.25. The van der Waals surface area contributed by atoms with Crippen molar-refractivity contribution in [3.8, 4) is 0 Å². The Morgan fingerprint density at radius 2 is 1.82 bits per heavy atom. The van der Waals surface area contributed by atoms with Crippen molar-refractivity contribution < 1.29 is 9.84 Å². The van der Waals surface area contributed by atoms with Gasteiger partial charge < -0.3 is 9.84 Å². The molecule has 0 saturated carbocycles. The third-order valence-electron chi connectivity index (χ3n) is 3.22. The first-order valence-electron chi connectivity index (χ1n) is 6.89. The summed E-state index contributed by atoms with van der Waals surface area (Å²) in [6.45, 7) is 11.2. The molecule has 0 heterocycles. The maximum Gasteiger partial charge on any atom is 0.157 e. The van der Waals surface area contributed by atoms with Crippen LogP contribution in [0, 0.1) is 11.8 Å². The molecule has 0 amide bonds. The molecule has 0 fully saturated rings. The molecular weight excluding hydrogens is 231 g/mol. The lowest BCUT2D eigenvalue weighted by Crippen LogP contribution is -2.36. The highest BCUT2D eigenvalue weighted by Gasteiger charge is 2.25. The third kappa shape index (κ3) is 7.37. The number of aliphatic hydroxyl groups is 1. The van der Waals surface area contributed by atoms with E-state index in [1.165, 1.54) is 0 Å². The SMILES string of the molecule is CBC(O)[C@@H](CC(CC(C)C)C(C)S)OCC. The van der Waals surface area contributed by atoms with Crippen LogP contribution in [-0.2, 0) is 4.74 Å².